The summed E-state index contributed by atoms with van der Waals surface area (Å²) in [6.45, 7) is 7.20. The van der Waals surface area contributed by atoms with E-state index >= 15 is 0 Å². The molecule has 1 aliphatic rings. The average molecular weight is 308 g/mol. The monoisotopic (exact) mass is 307 g/mol. The van der Waals surface area contributed by atoms with Crippen LogP contribution in [0.3, 0.4) is 0 Å². The van der Waals surface area contributed by atoms with Crippen molar-refractivity contribution in [1.82, 2.24) is 5.32 Å². The molecule has 0 aromatic carbocycles. The third kappa shape index (κ3) is 7.79. The third-order valence-electron chi connectivity index (χ3n) is 3.70. The van der Waals surface area contributed by atoms with Gasteiger partial charge in [-0.25, -0.2) is 0 Å². The molecular formula is C15H30ClNO3. The number of rotatable bonds is 14. The van der Waals surface area contributed by atoms with Crippen molar-refractivity contribution in [2.45, 2.75) is 44.6 Å². The molecule has 0 radical (unpaired) electrons. The zero-order chi connectivity index (χ0) is 14.5. The first kappa shape index (κ1) is 18.2. The minimum Gasteiger partial charge on any atom is -0.379 e. The van der Waals surface area contributed by atoms with Gasteiger partial charge in [0.25, 0.3) is 0 Å². The summed E-state index contributed by atoms with van der Waals surface area (Å²) in [4.78, 5) is 0. The van der Waals surface area contributed by atoms with Crippen molar-refractivity contribution in [3.05, 3.63) is 0 Å². The maximum atomic E-state index is 5.97. The summed E-state index contributed by atoms with van der Waals surface area (Å²) in [7, 11) is 0. The van der Waals surface area contributed by atoms with Gasteiger partial charge in [-0.2, -0.15) is 0 Å². The molecule has 0 heterocycles. The van der Waals surface area contributed by atoms with Crippen LogP contribution < -0.4 is 5.32 Å². The number of halogens is 1. The Morgan fingerprint density at radius 3 is 2.05 bits per heavy atom. The van der Waals surface area contributed by atoms with Gasteiger partial charge < -0.3 is 19.5 Å². The van der Waals surface area contributed by atoms with E-state index in [4.69, 9.17) is 25.8 Å². The van der Waals surface area contributed by atoms with E-state index < -0.39 is 0 Å². The predicted octanol–water partition coefficient (Wildman–Crippen LogP) is 2.59. The first-order chi connectivity index (χ1) is 9.83. The molecule has 0 unspecified atom stereocenters. The summed E-state index contributed by atoms with van der Waals surface area (Å²) in [6, 6.07) is 0. The molecule has 0 amide bonds. The molecule has 0 aromatic heterocycles. The highest BCUT2D eigenvalue weighted by atomic mass is 35.5. The van der Waals surface area contributed by atoms with E-state index in [-0.39, 0.29) is 5.54 Å². The first-order valence-corrected chi connectivity index (χ1v) is 8.41. The molecule has 0 saturated heterocycles. The van der Waals surface area contributed by atoms with Gasteiger partial charge >= 0.3 is 0 Å². The number of hydrogen-bond donors (Lipinski definition) is 1. The minimum absolute atomic E-state index is 0.192. The summed E-state index contributed by atoms with van der Waals surface area (Å²) in [5.41, 5.74) is 0.192. The quantitative estimate of drug-likeness (QED) is 0.395. The molecule has 0 bridgehead atoms. The second kappa shape index (κ2) is 11.8. The summed E-state index contributed by atoms with van der Waals surface area (Å²) in [5.74, 6) is 0.703. The van der Waals surface area contributed by atoms with Gasteiger partial charge in [-0.15, -0.1) is 11.6 Å². The molecule has 20 heavy (non-hydrogen) atoms. The maximum absolute atomic E-state index is 5.97. The number of nitrogens with one attached hydrogen (secondary N) is 1. The Morgan fingerprint density at radius 2 is 1.55 bits per heavy atom. The topological polar surface area (TPSA) is 39.7 Å². The Kier molecular flexibility index (Phi) is 10.7. The molecule has 0 atom stereocenters. The summed E-state index contributed by atoms with van der Waals surface area (Å²) in [6.07, 6.45) is 5.97. The third-order valence-corrected chi connectivity index (χ3v) is 4.21. The van der Waals surface area contributed by atoms with Crippen molar-refractivity contribution in [2.75, 3.05) is 52.1 Å². The molecule has 4 nitrogen and oxygen atoms in total. The minimum atomic E-state index is 0.192. The zero-order valence-corrected chi connectivity index (χ0v) is 13.6. The number of alkyl halides is 1. The normalized spacial score (nSPS) is 17.1. The lowest BCUT2D eigenvalue weighted by Crippen LogP contribution is -2.53. The number of ether oxygens (including phenoxy) is 3. The van der Waals surface area contributed by atoms with Crippen LogP contribution in [-0.2, 0) is 14.2 Å². The Hall–Kier alpha value is 0.130. The summed E-state index contributed by atoms with van der Waals surface area (Å²) >= 11 is 5.97. The highest BCUT2D eigenvalue weighted by Crippen LogP contribution is 2.32. The van der Waals surface area contributed by atoms with Crippen molar-refractivity contribution in [2.24, 2.45) is 0 Å². The van der Waals surface area contributed by atoms with Crippen molar-refractivity contribution in [3.63, 3.8) is 0 Å². The number of unbranched alkanes of at least 4 members (excludes halogenated alkanes) is 1. The van der Waals surface area contributed by atoms with Crippen LogP contribution in [-0.4, -0.2) is 57.6 Å². The highest BCUT2D eigenvalue weighted by Gasteiger charge is 2.35. The van der Waals surface area contributed by atoms with Gasteiger partial charge in [-0.3, -0.25) is 0 Å². The molecule has 1 saturated carbocycles. The molecule has 1 fully saturated rings. The lowest BCUT2D eigenvalue weighted by Gasteiger charge is -2.41. The van der Waals surface area contributed by atoms with Gasteiger partial charge in [0.05, 0.1) is 33.0 Å². The first-order valence-electron chi connectivity index (χ1n) is 7.87. The standard InChI is InChI=1S/C15H30ClNO3/c1-2-3-8-18-10-12-20-13-11-19-9-7-17-15(14-16)5-4-6-15/h17H,2-14H2,1H3. The van der Waals surface area contributed by atoms with E-state index in [1.165, 1.54) is 25.7 Å². The van der Waals surface area contributed by atoms with Crippen molar-refractivity contribution < 1.29 is 14.2 Å². The van der Waals surface area contributed by atoms with Crippen LogP contribution in [0.2, 0.25) is 0 Å². The van der Waals surface area contributed by atoms with Crippen LogP contribution in [0.25, 0.3) is 0 Å². The fourth-order valence-electron chi connectivity index (χ4n) is 2.14. The van der Waals surface area contributed by atoms with Gasteiger partial charge in [-0.05, 0) is 25.7 Å². The van der Waals surface area contributed by atoms with Crippen LogP contribution >= 0.6 is 11.6 Å². The van der Waals surface area contributed by atoms with Gasteiger partial charge in [0, 0.05) is 24.6 Å². The van der Waals surface area contributed by atoms with E-state index in [0.717, 1.165) is 26.2 Å². The molecule has 0 aliphatic heterocycles. The summed E-state index contributed by atoms with van der Waals surface area (Å²) in [5, 5.41) is 3.50. The average Bonchev–Trinajstić information content (AvgIpc) is 2.42. The van der Waals surface area contributed by atoms with Crippen LogP contribution in [0.4, 0.5) is 0 Å². The summed E-state index contributed by atoms with van der Waals surface area (Å²) < 4.78 is 16.3. The van der Waals surface area contributed by atoms with Gasteiger partial charge in [-0.1, -0.05) is 13.3 Å². The van der Waals surface area contributed by atoms with Crippen LogP contribution in [0.5, 0.6) is 0 Å². The van der Waals surface area contributed by atoms with E-state index in [9.17, 15) is 0 Å². The molecule has 0 aromatic rings. The lowest BCUT2D eigenvalue weighted by molar-refractivity contribution is 0.0132. The SMILES string of the molecule is CCCCOCCOCCOCCNC1(CCl)CCC1. The van der Waals surface area contributed by atoms with E-state index in [0.29, 0.717) is 32.3 Å². The zero-order valence-electron chi connectivity index (χ0n) is 12.8. The Balaban J connectivity index is 1.74. The molecule has 1 N–H and O–H groups in total. The Labute approximate surface area is 128 Å². The second-order valence-corrected chi connectivity index (χ2v) is 5.65. The molecule has 0 spiro atoms. The predicted molar refractivity (Wildman–Crippen MR) is 82.7 cm³/mol. The van der Waals surface area contributed by atoms with Gasteiger partial charge in [0.1, 0.15) is 0 Å². The van der Waals surface area contributed by atoms with Crippen LogP contribution in [0.1, 0.15) is 39.0 Å². The van der Waals surface area contributed by atoms with E-state index in [1.807, 2.05) is 0 Å². The largest absolute Gasteiger partial charge is 0.379 e. The van der Waals surface area contributed by atoms with E-state index in [2.05, 4.69) is 12.2 Å². The highest BCUT2D eigenvalue weighted by molar-refractivity contribution is 6.18. The van der Waals surface area contributed by atoms with Crippen LogP contribution in [0, 0.1) is 0 Å². The molecule has 1 rings (SSSR count). The van der Waals surface area contributed by atoms with Crippen molar-refractivity contribution >= 4 is 11.6 Å². The number of hydrogen-bond acceptors (Lipinski definition) is 4. The van der Waals surface area contributed by atoms with Crippen LogP contribution in [0.15, 0.2) is 0 Å². The lowest BCUT2D eigenvalue weighted by atomic mass is 9.78. The molecule has 1 aliphatic carbocycles. The fraction of sp³-hybridized carbons (Fsp3) is 1.00. The van der Waals surface area contributed by atoms with E-state index in [1.54, 1.807) is 0 Å². The smallest absolute Gasteiger partial charge is 0.0701 e. The Morgan fingerprint density at radius 1 is 0.950 bits per heavy atom. The molecule has 120 valence electrons. The Bertz CT molecular complexity index is 220. The molecular weight excluding hydrogens is 278 g/mol. The van der Waals surface area contributed by atoms with Gasteiger partial charge in [0.2, 0.25) is 0 Å². The second-order valence-electron chi connectivity index (χ2n) is 5.38. The fourth-order valence-corrected chi connectivity index (χ4v) is 2.50. The maximum Gasteiger partial charge on any atom is 0.0701 e. The molecule has 5 heteroatoms. The van der Waals surface area contributed by atoms with Crippen molar-refractivity contribution in [3.8, 4) is 0 Å². The van der Waals surface area contributed by atoms with Gasteiger partial charge in [0.15, 0.2) is 0 Å². The van der Waals surface area contributed by atoms with Crippen molar-refractivity contribution in [1.29, 1.82) is 0 Å².